The van der Waals surface area contributed by atoms with Gasteiger partial charge in [-0.2, -0.15) is 0 Å². The second kappa shape index (κ2) is 5.57. The molecule has 3 N–H and O–H groups in total. The van der Waals surface area contributed by atoms with E-state index in [9.17, 15) is 4.79 Å². The number of hydrogen-bond acceptors (Lipinski definition) is 3. The first kappa shape index (κ1) is 13.8. The van der Waals surface area contributed by atoms with Crippen molar-refractivity contribution in [3.05, 3.63) is 0 Å². The van der Waals surface area contributed by atoms with Crippen LogP contribution in [0.4, 0.5) is 0 Å². The van der Waals surface area contributed by atoms with Gasteiger partial charge in [0.25, 0.3) is 0 Å². The number of nitrogens with zero attached hydrogens (tertiary/aromatic N) is 1. The molecular formula is C14H27N3O. The van der Waals surface area contributed by atoms with Crippen molar-refractivity contribution in [3.63, 3.8) is 0 Å². The molecule has 0 aromatic rings. The summed E-state index contributed by atoms with van der Waals surface area (Å²) in [5.74, 6) is 0.286. The van der Waals surface area contributed by atoms with Gasteiger partial charge in [-0.3, -0.25) is 9.69 Å². The largest absolute Gasteiger partial charge is 0.368 e. The molecule has 1 saturated heterocycles. The normalized spacial score (nSPS) is 28.9. The second-order valence-corrected chi connectivity index (χ2v) is 5.96. The second-order valence-electron chi connectivity index (χ2n) is 5.96. The van der Waals surface area contributed by atoms with Gasteiger partial charge in [0, 0.05) is 12.6 Å². The minimum atomic E-state index is -0.486. The van der Waals surface area contributed by atoms with Crippen molar-refractivity contribution in [1.29, 1.82) is 0 Å². The Hall–Kier alpha value is -0.610. The van der Waals surface area contributed by atoms with E-state index in [4.69, 9.17) is 5.73 Å². The SMILES string of the molecule is CCNC(CN1CCCCC1C)(C(N)=O)C1CC1. The maximum absolute atomic E-state index is 12.0. The van der Waals surface area contributed by atoms with Crippen molar-refractivity contribution in [2.24, 2.45) is 11.7 Å². The quantitative estimate of drug-likeness (QED) is 0.745. The van der Waals surface area contributed by atoms with Gasteiger partial charge in [0.05, 0.1) is 0 Å². The Balaban J connectivity index is 2.10. The van der Waals surface area contributed by atoms with Crippen molar-refractivity contribution in [2.45, 2.75) is 57.5 Å². The molecule has 0 bridgehead atoms. The predicted molar refractivity (Wildman–Crippen MR) is 73.2 cm³/mol. The molecule has 0 radical (unpaired) electrons. The molecule has 4 nitrogen and oxygen atoms in total. The number of rotatable bonds is 6. The first-order chi connectivity index (χ1) is 8.60. The number of primary amides is 1. The van der Waals surface area contributed by atoms with E-state index in [0.29, 0.717) is 12.0 Å². The fourth-order valence-electron chi connectivity index (χ4n) is 3.30. The van der Waals surface area contributed by atoms with Crippen LogP contribution in [-0.2, 0) is 4.79 Å². The van der Waals surface area contributed by atoms with Crippen LogP contribution in [0.2, 0.25) is 0 Å². The Labute approximate surface area is 110 Å². The zero-order chi connectivity index (χ0) is 13.2. The molecule has 4 heteroatoms. The van der Waals surface area contributed by atoms with Gasteiger partial charge in [-0.1, -0.05) is 13.3 Å². The lowest BCUT2D eigenvalue weighted by Crippen LogP contribution is -2.64. The molecule has 18 heavy (non-hydrogen) atoms. The van der Waals surface area contributed by atoms with Crippen LogP contribution in [0, 0.1) is 5.92 Å². The van der Waals surface area contributed by atoms with Crippen molar-refractivity contribution >= 4 is 5.91 Å². The Morgan fingerprint density at radius 1 is 1.39 bits per heavy atom. The summed E-state index contributed by atoms with van der Waals surface area (Å²) in [5, 5.41) is 3.41. The molecule has 2 rings (SSSR count). The molecule has 2 atom stereocenters. The number of piperidine rings is 1. The van der Waals surface area contributed by atoms with Crippen LogP contribution in [-0.4, -0.2) is 42.0 Å². The van der Waals surface area contributed by atoms with Crippen LogP contribution in [0.25, 0.3) is 0 Å². The van der Waals surface area contributed by atoms with E-state index in [1.54, 1.807) is 0 Å². The number of nitrogens with one attached hydrogen (secondary N) is 1. The molecule has 2 unspecified atom stereocenters. The van der Waals surface area contributed by atoms with E-state index >= 15 is 0 Å². The van der Waals surface area contributed by atoms with Crippen LogP contribution < -0.4 is 11.1 Å². The summed E-state index contributed by atoms with van der Waals surface area (Å²) in [6, 6.07) is 0.579. The topological polar surface area (TPSA) is 58.4 Å². The summed E-state index contributed by atoms with van der Waals surface area (Å²) in [6.45, 7) is 7.03. The van der Waals surface area contributed by atoms with E-state index in [2.05, 4.69) is 24.1 Å². The van der Waals surface area contributed by atoms with Gasteiger partial charge in [-0.15, -0.1) is 0 Å². The van der Waals surface area contributed by atoms with Gasteiger partial charge in [-0.05, 0) is 51.6 Å². The number of amides is 1. The lowest BCUT2D eigenvalue weighted by molar-refractivity contribution is -0.126. The molecule has 1 aliphatic heterocycles. The van der Waals surface area contributed by atoms with Crippen molar-refractivity contribution in [1.82, 2.24) is 10.2 Å². The van der Waals surface area contributed by atoms with Crippen LogP contribution in [0.15, 0.2) is 0 Å². The maximum atomic E-state index is 12.0. The van der Waals surface area contributed by atoms with Gasteiger partial charge in [-0.25, -0.2) is 0 Å². The smallest absolute Gasteiger partial charge is 0.239 e. The number of hydrogen-bond donors (Lipinski definition) is 2. The fraction of sp³-hybridized carbons (Fsp3) is 0.929. The third-order valence-corrected chi connectivity index (χ3v) is 4.60. The van der Waals surface area contributed by atoms with Gasteiger partial charge >= 0.3 is 0 Å². The third-order valence-electron chi connectivity index (χ3n) is 4.60. The molecule has 2 fully saturated rings. The molecule has 0 spiro atoms. The van der Waals surface area contributed by atoms with Crippen LogP contribution >= 0.6 is 0 Å². The Morgan fingerprint density at radius 2 is 2.11 bits per heavy atom. The summed E-state index contributed by atoms with van der Waals surface area (Å²) in [4.78, 5) is 14.5. The van der Waals surface area contributed by atoms with Crippen molar-refractivity contribution in [2.75, 3.05) is 19.6 Å². The summed E-state index contributed by atoms with van der Waals surface area (Å²) >= 11 is 0. The van der Waals surface area contributed by atoms with E-state index in [1.165, 1.54) is 19.3 Å². The number of likely N-dealkylation sites (tertiary alicyclic amines) is 1. The molecule has 1 heterocycles. The Morgan fingerprint density at radius 3 is 2.61 bits per heavy atom. The maximum Gasteiger partial charge on any atom is 0.239 e. The van der Waals surface area contributed by atoms with E-state index in [0.717, 1.165) is 32.5 Å². The summed E-state index contributed by atoms with van der Waals surface area (Å²) in [6.07, 6.45) is 6.07. The Kier molecular flexibility index (Phi) is 4.28. The lowest BCUT2D eigenvalue weighted by Gasteiger charge is -2.41. The summed E-state index contributed by atoms with van der Waals surface area (Å²) in [5.41, 5.74) is 5.25. The zero-order valence-corrected chi connectivity index (χ0v) is 11.7. The minimum Gasteiger partial charge on any atom is -0.368 e. The molecule has 2 aliphatic rings. The third kappa shape index (κ3) is 2.69. The molecule has 0 aromatic heterocycles. The number of carbonyl (C=O) groups is 1. The highest BCUT2D eigenvalue weighted by molar-refractivity contribution is 5.86. The molecule has 1 aliphatic carbocycles. The highest BCUT2D eigenvalue weighted by Crippen LogP contribution is 2.40. The monoisotopic (exact) mass is 253 g/mol. The molecule has 1 saturated carbocycles. The first-order valence-corrected chi connectivity index (χ1v) is 7.39. The molecule has 1 amide bonds. The predicted octanol–water partition coefficient (Wildman–Crippen LogP) is 1.10. The first-order valence-electron chi connectivity index (χ1n) is 7.39. The van der Waals surface area contributed by atoms with E-state index in [1.807, 2.05) is 0 Å². The molecule has 0 aromatic carbocycles. The van der Waals surface area contributed by atoms with Gasteiger partial charge in [0.2, 0.25) is 5.91 Å². The zero-order valence-electron chi connectivity index (χ0n) is 11.7. The van der Waals surface area contributed by atoms with Gasteiger partial charge < -0.3 is 11.1 Å². The minimum absolute atomic E-state index is 0.162. The van der Waals surface area contributed by atoms with Crippen LogP contribution in [0.5, 0.6) is 0 Å². The van der Waals surface area contributed by atoms with Crippen LogP contribution in [0.1, 0.15) is 46.0 Å². The molecular weight excluding hydrogens is 226 g/mol. The van der Waals surface area contributed by atoms with Gasteiger partial charge in [0.1, 0.15) is 5.54 Å². The van der Waals surface area contributed by atoms with Crippen LogP contribution in [0.3, 0.4) is 0 Å². The van der Waals surface area contributed by atoms with Gasteiger partial charge in [0.15, 0.2) is 0 Å². The van der Waals surface area contributed by atoms with Crippen molar-refractivity contribution in [3.8, 4) is 0 Å². The molecule has 104 valence electrons. The Bertz CT molecular complexity index is 303. The average molecular weight is 253 g/mol. The standard InChI is InChI=1S/C14H27N3O/c1-3-16-14(13(15)18,12-7-8-12)10-17-9-5-4-6-11(17)2/h11-12,16H,3-10H2,1-2H3,(H2,15,18). The number of nitrogens with two attached hydrogens (primary N) is 1. The highest BCUT2D eigenvalue weighted by atomic mass is 16.1. The van der Waals surface area contributed by atoms with E-state index < -0.39 is 5.54 Å². The summed E-state index contributed by atoms with van der Waals surface area (Å²) < 4.78 is 0. The fourth-order valence-corrected chi connectivity index (χ4v) is 3.30. The number of likely N-dealkylation sites (N-methyl/N-ethyl adjacent to an activating group) is 1. The van der Waals surface area contributed by atoms with E-state index in [-0.39, 0.29) is 5.91 Å². The summed E-state index contributed by atoms with van der Waals surface area (Å²) in [7, 11) is 0. The number of carbonyl (C=O) groups excluding carboxylic acids is 1. The highest BCUT2D eigenvalue weighted by Gasteiger charge is 2.50. The average Bonchev–Trinajstić information content (AvgIpc) is 3.15. The van der Waals surface area contributed by atoms with Crippen molar-refractivity contribution < 1.29 is 4.79 Å². The lowest BCUT2D eigenvalue weighted by atomic mass is 9.89.